The van der Waals surface area contributed by atoms with Crippen molar-refractivity contribution < 1.29 is 14.6 Å². The number of anilines is 1. The fourth-order valence-electron chi connectivity index (χ4n) is 1.54. The number of aromatic nitrogens is 2. The van der Waals surface area contributed by atoms with Crippen LogP contribution in [0.2, 0.25) is 0 Å². The molecule has 1 heterocycles. The standard InChI is InChI=1S/C12H10BrN3O3/c1-19-9-3-2-6(13)4-7(9)11-15-5-8(12(17)18)10(14)16-11/h2-5H,1H3,(H,17,18)(H2,14,15,16). The molecular formula is C12H10BrN3O3. The summed E-state index contributed by atoms with van der Waals surface area (Å²) in [5.41, 5.74) is 6.10. The molecule has 7 heteroatoms. The monoisotopic (exact) mass is 323 g/mol. The Morgan fingerprint density at radius 3 is 2.79 bits per heavy atom. The largest absolute Gasteiger partial charge is 0.496 e. The van der Waals surface area contributed by atoms with Crippen LogP contribution >= 0.6 is 15.9 Å². The highest BCUT2D eigenvalue weighted by Crippen LogP contribution is 2.30. The first-order chi connectivity index (χ1) is 9.02. The number of nitrogen functional groups attached to an aromatic ring is 1. The Hall–Kier alpha value is -2.15. The molecule has 1 aromatic heterocycles. The van der Waals surface area contributed by atoms with E-state index in [2.05, 4.69) is 25.9 Å². The average Bonchev–Trinajstić information content (AvgIpc) is 2.38. The Balaban J connectivity index is 2.56. The van der Waals surface area contributed by atoms with E-state index < -0.39 is 5.97 Å². The number of benzene rings is 1. The van der Waals surface area contributed by atoms with E-state index in [0.29, 0.717) is 17.1 Å². The molecule has 0 fully saturated rings. The summed E-state index contributed by atoms with van der Waals surface area (Å²) in [6, 6.07) is 5.34. The predicted octanol–water partition coefficient (Wildman–Crippen LogP) is 2.20. The van der Waals surface area contributed by atoms with E-state index in [9.17, 15) is 4.79 Å². The quantitative estimate of drug-likeness (QED) is 0.898. The highest BCUT2D eigenvalue weighted by atomic mass is 79.9. The van der Waals surface area contributed by atoms with Crippen LogP contribution < -0.4 is 10.5 Å². The van der Waals surface area contributed by atoms with Crippen LogP contribution in [-0.2, 0) is 0 Å². The third-order valence-electron chi connectivity index (χ3n) is 2.45. The maximum Gasteiger partial charge on any atom is 0.341 e. The van der Waals surface area contributed by atoms with Crippen LogP contribution in [0.1, 0.15) is 10.4 Å². The van der Waals surface area contributed by atoms with Crippen LogP contribution in [0.5, 0.6) is 5.75 Å². The molecule has 0 aliphatic rings. The lowest BCUT2D eigenvalue weighted by Gasteiger charge is -2.09. The highest BCUT2D eigenvalue weighted by molar-refractivity contribution is 9.10. The number of hydrogen-bond donors (Lipinski definition) is 2. The smallest absolute Gasteiger partial charge is 0.341 e. The van der Waals surface area contributed by atoms with Crippen LogP contribution in [0.15, 0.2) is 28.9 Å². The number of aromatic carboxylic acids is 1. The molecule has 0 aliphatic carbocycles. The fourth-order valence-corrected chi connectivity index (χ4v) is 1.91. The van der Waals surface area contributed by atoms with Crippen molar-refractivity contribution in [1.82, 2.24) is 9.97 Å². The van der Waals surface area contributed by atoms with E-state index in [1.165, 1.54) is 13.3 Å². The number of nitrogens with two attached hydrogens (primary N) is 1. The summed E-state index contributed by atoms with van der Waals surface area (Å²) in [7, 11) is 1.53. The SMILES string of the molecule is COc1ccc(Br)cc1-c1ncc(C(=O)O)c(N)n1. The molecule has 0 radical (unpaired) electrons. The number of carbonyl (C=O) groups is 1. The highest BCUT2D eigenvalue weighted by Gasteiger charge is 2.14. The average molecular weight is 324 g/mol. The van der Waals surface area contributed by atoms with Crippen molar-refractivity contribution >= 4 is 27.7 Å². The molecule has 0 saturated carbocycles. The maximum atomic E-state index is 10.9. The summed E-state index contributed by atoms with van der Waals surface area (Å²) >= 11 is 3.34. The molecule has 0 saturated heterocycles. The molecule has 0 amide bonds. The third kappa shape index (κ3) is 2.65. The minimum Gasteiger partial charge on any atom is -0.496 e. The summed E-state index contributed by atoms with van der Waals surface area (Å²) in [6.45, 7) is 0. The summed E-state index contributed by atoms with van der Waals surface area (Å²) < 4.78 is 6.04. The molecule has 0 spiro atoms. The van der Waals surface area contributed by atoms with Crippen LogP contribution in [0.3, 0.4) is 0 Å². The Kier molecular flexibility index (Phi) is 3.66. The predicted molar refractivity (Wildman–Crippen MR) is 73.1 cm³/mol. The molecule has 1 aromatic carbocycles. The molecule has 98 valence electrons. The minimum absolute atomic E-state index is 0.0838. The molecule has 0 aliphatic heterocycles. The van der Waals surface area contributed by atoms with Crippen LogP contribution in [0.4, 0.5) is 5.82 Å². The first-order valence-corrected chi connectivity index (χ1v) is 6.02. The van der Waals surface area contributed by atoms with Gasteiger partial charge < -0.3 is 15.6 Å². The Bertz CT molecular complexity index is 646. The molecule has 2 rings (SSSR count). The number of methoxy groups -OCH3 is 1. The Morgan fingerprint density at radius 2 is 2.21 bits per heavy atom. The molecule has 19 heavy (non-hydrogen) atoms. The van der Waals surface area contributed by atoms with Gasteiger partial charge in [-0.05, 0) is 18.2 Å². The number of rotatable bonds is 3. The van der Waals surface area contributed by atoms with Crippen LogP contribution in [-0.4, -0.2) is 28.2 Å². The molecule has 2 aromatic rings. The van der Waals surface area contributed by atoms with Gasteiger partial charge in [0.15, 0.2) is 5.82 Å². The topological polar surface area (TPSA) is 98.3 Å². The number of ether oxygens (including phenoxy) is 1. The zero-order valence-corrected chi connectivity index (χ0v) is 11.5. The van der Waals surface area contributed by atoms with Gasteiger partial charge in [-0.25, -0.2) is 14.8 Å². The summed E-state index contributed by atoms with van der Waals surface area (Å²) in [5, 5.41) is 8.88. The second kappa shape index (κ2) is 5.23. The van der Waals surface area contributed by atoms with Crippen molar-refractivity contribution in [1.29, 1.82) is 0 Å². The number of hydrogen-bond acceptors (Lipinski definition) is 5. The lowest BCUT2D eigenvalue weighted by molar-refractivity contribution is 0.0697. The molecule has 6 nitrogen and oxygen atoms in total. The van der Waals surface area contributed by atoms with Crippen molar-refractivity contribution in [3.63, 3.8) is 0 Å². The van der Waals surface area contributed by atoms with E-state index in [1.54, 1.807) is 12.1 Å². The van der Waals surface area contributed by atoms with Gasteiger partial charge in [0.2, 0.25) is 0 Å². The fraction of sp³-hybridized carbons (Fsp3) is 0.0833. The lowest BCUT2D eigenvalue weighted by Crippen LogP contribution is -2.07. The van der Waals surface area contributed by atoms with Gasteiger partial charge in [0.25, 0.3) is 0 Å². The molecule has 3 N–H and O–H groups in total. The third-order valence-corrected chi connectivity index (χ3v) is 2.94. The summed E-state index contributed by atoms with van der Waals surface area (Å²) in [6.07, 6.45) is 1.18. The van der Waals surface area contributed by atoms with Gasteiger partial charge in [-0.15, -0.1) is 0 Å². The first kappa shape index (κ1) is 13.3. The van der Waals surface area contributed by atoms with E-state index in [0.717, 1.165) is 4.47 Å². The van der Waals surface area contributed by atoms with Gasteiger partial charge in [-0.2, -0.15) is 0 Å². The van der Waals surface area contributed by atoms with Crippen LogP contribution in [0, 0.1) is 0 Å². The van der Waals surface area contributed by atoms with E-state index in [-0.39, 0.29) is 11.4 Å². The minimum atomic E-state index is -1.16. The molecule has 0 atom stereocenters. The van der Waals surface area contributed by atoms with Gasteiger partial charge in [-0.3, -0.25) is 0 Å². The summed E-state index contributed by atoms with van der Waals surface area (Å²) in [5.74, 6) is -0.365. The van der Waals surface area contributed by atoms with Crippen molar-refractivity contribution in [2.24, 2.45) is 0 Å². The number of nitrogens with zero attached hydrogens (tertiary/aromatic N) is 2. The van der Waals surface area contributed by atoms with Gasteiger partial charge >= 0.3 is 5.97 Å². The Labute approximate surface area is 117 Å². The summed E-state index contributed by atoms with van der Waals surface area (Å²) in [4.78, 5) is 18.9. The maximum absolute atomic E-state index is 10.9. The number of halogens is 1. The number of carboxylic acid groups (broad SMARTS) is 1. The van der Waals surface area contributed by atoms with Gasteiger partial charge in [0, 0.05) is 10.7 Å². The molecule has 0 unspecified atom stereocenters. The Morgan fingerprint density at radius 1 is 1.47 bits per heavy atom. The van der Waals surface area contributed by atoms with Crippen molar-refractivity contribution in [2.45, 2.75) is 0 Å². The van der Waals surface area contributed by atoms with Crippen molar-refractivity contribution in [2.75, 3.05) is 12.8 Å². The second-order valence-corrected chi connectivity index (χ2v) is 4.56. The zero-order valence-electron chi connectivity index (χ0n) is 9.92. The van der Waals surface area contributed by atoms with E-state index in [4.69, 9.17) is 15.6 Å². The normalized spacial score (nSPS) is 10.2. The van der Waals surface area contributed by atoms with Gasteiger partial charge in [0.1, 0.15) is 17.1 Å². The number of carboxylic acids is 1. The second-order valence-electron chi connectivity index (χ2n) is 3.64. The lowest BCUT2D eigenvalue weighted by atomic mass is 10.2. The van der Waals surface area contributed by atoms with E-state index in [1.807, 2.05) is 6.07 Å². The molecule has 0 bridgehead atoms. The van der Waals surface area contributed by atoms with Gasteiger partial charge in [0.05, 0.1) is 12.7 Å². The first-order valence-electron chi connectivity index (χ1n) is 5.22. The zero-order chi connectivity index (χ0) is 14.0. The van der Waals surface area contributed by atoms with Gasteiger partial charge in [-0.1, -0.05) is 15.9 Å². The molecular weight excluding hydrogens is 314 g/mol. The van der Waals surface area contributed by atoms with Crippen LogP contribution in [0.25, 0.3) is 11.4 Å². The van der Waals surface area contributed by atoms with Crippen molar-refractivity contribution in [3.8, 4) is 17.1 Å². The van der Waals surface area contributed by atoms with E-state index >= 15 is 0 Å². The van der Waals surface area contributed by atoms with Crippen molar-refractivity contribution in [3.05, 3.63) is 34.4 Å².